The smallest absolute Gasteiger partial charge is 0.261 e. The molecule has 2 aliphatic rings. The molecule has 1 aromatic rings. The number of hydrogen-bond donors (Lipinski definition) is 2. The molecule has 0 aromatic carbocycles. The lowest BCUT2D eigenvalue weighted by Gasteiger charge is -2.33. The van der Waals surface area contributed by atoms with Crippen LogP contribution < -0.4 is 11.1 Å². The Morgan fingerprint density at radius 2 is 2.04 bits per heavy atom. The van der Waals surface area contributed by atoms with Gasteiger partial charge in [0.15, 0.2) is 0 Å². The van der Waals surface area contributed by atoms with E-state index in [-0.39, 0.29) is 30.1 Å². The van der Waals surface area contributed by atoms with E-state index in [1.807, 2.05) is 24.0 Å². The fraction of sp³-hybridized carbons (Fsp3) is 0.647. The van der Waals surface area contributed by atoms with Crippen LogP contribution in [0.1, 0.15) is 40.2 Å². The van der Waals surface area contributed by atoms with Crippen molar-refractivity contribution < 1.29 is 14.3 Å². The van der Waals surface area contributed by atoms with E-state index in [9.17, 15) is 9.59 Å². The molecule has 3 rings (SSSR count). The van der Waals surface area contributed by atoms with E-state index in [0.717, 1.165) is 35.4 Å². The summed E-state index contributed by atoms with van der Waals surface area (Å²) in [4.78, 5) is 28.4. The van der Waals surface area contributed by atoms with Gasteiger partial charge in [0.1, 0.15) is 6.10 Å². The summed E-state index contributed by atoms with van der Waals surface area (Å²) in [5, 5.41) is 3.08. The zero-order chi connectivity index (χ0) is 17.1. The first-order chi connectivity index (χ1) is 11.6. The summed E-state index contributed by atoms with van der Waals surface area (Å²) in [6.07, 6.45) is 2.88. The van der Waals surface area contributed by atoms with Gasteiger partial charge >= 0.3 is 0 Å². The number of thiophene rings is 1. The van der Waals surface area contributed by atoms with Gasteiger partial charge in [-0.05, 0) is 44.7 Å². The van der Waals surface area contributed by atoms with Gasteiger partial charge in [-0.25, -0.2) is 0 Å². The lowest BCUT2D eigenvalue weighted by Crippen LogP contribution is -2.49. The fourth-order valence-electron chi connectivity index (χ4n) is 3.32. The average molecular weight is 351 g/mol. The Kier molecular flexibility index (Phi) is 5.53. The maximum Gasteiger partial charge on any atom is 0.261 e. The normalized spacial score (nSPS) is 25.0. The van der Waals surface area contributed by atoms with Crippen molar-refractivity contribution in [3.05, 3.63) is 21.9 Å². The fourth-order valence-corrected chi connectivity index (χ4v) is 4.09. The predicted octanol–water partition coefficient (Wildman–Crippen LogP) is 1.28. The first-order valence-corrected chi connectivity index (χ1v) is 9.40. The highest BCUT2D eigenvalue weighted by Gasteiger charge is 2.34. The van der Waals surface area contributed by atoms with E-state index < -0.39 is 0 Å². The van der Waals surface area contributed by atoms with Crippen LogP contribution in [0, 0.1) is 6.92 Å². The number of carbonyl (C=O) groups is 2. The monoisotopic (exact) mass is 351 g/mol. The van der Waals surface area contributed by atoms with Crippen LogP contribution in [-0.4, -0.2) is 54.6 Å². The minimum absolute atomic E-state index is 0.0113. The predicted molar refractivity (Wildman–Crippen MR) is 93.1 cm³/mol. The quantitative estimate of drug-likeness (QED) is 0.856. The number of piperidine rings is 1. The van der Waals surface area contributed by atoms with Gasteiger partial charge in [-0.1, -0.05) is 0 Å². The average Bonchev–Trinajstić information content (AvgIpc) is 3.23. The topological polar surface area (TPSA) is 84.7 Å². The summed E-state index contributed by atoms with van der Waals surface area (Å²) >= 11 is 1.51. The number of nitrogens with zero attached hydrogens (tertiary/aromatic N) is 1. The van der Waals surface area contributed by atoms with E-state index in [4.69, 9.17) is 10.5 Å². The third-order valence-corrected chi connectivity index (χ3v) is 5.75. The van der Waals surface area contributed by atoms with Crippen LogP contribution in [-0.2, 0) is 9.53 Å². The minimum atomic E-state index is -0.334. The van der Waals surface area contributed by atoms with E-state index in [1.54, 1.807) is 0 Å². The van der Waals surface area contributed by atoms with Crippen LogP contribution in [0.2, 0.25) is 0 Å². The van der Waals surface area contributed by atoms with Crippen molar-refractivity contribution in [2.45, 2.75) is 50.9 Å². The van der Waals surface area contributed by atoms with Gasteiger partial charge in [-0.15, -0.1) is 11.3 Å². The molecule has 0 unspecified atom stereocenters. The summed E-state index contributed by atoms with van der Waals surface area (Å²) in [5.74, 6) is 0.0624. The molecule has 2 atom stereocenters. The second-order valence-electron chi connectivity index (χ2n) is 6.54. The van der Waals surface area contributed by atoms with Gasteiger partial charge in [0.05, 0.1) is 11.0 Å². The Balaban J connectivity index is 1.45. The minimum Gasteiger partial charge on any atom is -0.364 e. The molecule has 2 saturated heterocycles. The van der Waals surface area contributed by atoms with Crippen molar-refractivity contribution in [2.75, 3.05) is 19.6 Å². The van der Waals surface area contributed by atoms with Gasteiger partial charge in [0, 0.05) is 30.6 Å². The number of nitrogens with one attached hydrogen (secondary N) is 1. The largest absolute Gasteiger partial charge is 0.364 e. The lowest BCUT2D eigenvalue weighted by molar-refractivity contribution is -0.143. The Morgan fingerprint density at radius 1 is 1.29 bits per heavy atom. The molecule has 0 spiro atoms. The second-order valence-corrected chi connectivity index (χ2v) is 7.83. The molecule has 2 aliphatic heterocycles. The Hall–Kier alpha value is -1.44. The number of carbonyl (C=O) groups excluding carboxylic acids is 2. The first kappa shape index (κ1) is 17.4. The van der Waals surface area contributed by atoms with E-state index in [2.05, 4.69) is 5.32 Å². The highest BCUT2D eigenvalue weighted by Crippen LogP contribution is 2.23. The van der Waals surface area contributed by atoms with Crippen molar-refractivity contribution in [1.29, 1.82) is 0 Å². The Bertz CT molecular complexity index is 596. The number of nitrogens with two attached hydrogens (primary N) is 1. The summed E-state index contributed by atoms with van der Waals surface area (Å²) < 4.78 is 5.69. The maximum absolute atomic E-state index is 12.5. The van der Waals surface area contributed by atoms with Crippen molar-refractivity contribution >= 4 is 23.2 Å². The summed E-state index contributed by atoms with van der Waals surface area (Å²) in [6.45, 7) is 3.80. The number of amides is 2. The highest BCUT2D eigenvalue weighted by atomic mass is 32.1. The molecule has 2 amide bonds. The summed E-state index contributed by atoms with van der Waals surface area (Å²) in [7, 11) is 0. The lowest BCUT2D eigenvalue weighted by atomic mass is 10.0. The highest BCUT2D eigenvalue weighted by molar-refractivity contribution is 7.13. The van der Waals surface area contributed by atoms with Crippen molar-refractivity contribution in [2.24, 2.45) is 5.73 Å². The van der Waals surface area contributed by atoms with Crippen LogP contribution >= 0.6 is 11.3 Å². The van der Waals surface area contributed by atoms with Crippen molar-refractivity contribution in [3.8, 4) is 0 Å². The Morgan fingerprint density at radius 3 is 2.62 bits per heavy atom. The van der Waals surface area contributed by atoms with Crippen LogP contribution in [0.3, 0.4) is 0 Å². The molecule has 6 nitrogen and oxygen atoms in total. The van der Waals surface area contributed by atoms with Crippen molar-refractivity contribution in [3.63, 3.8) is 0 Å². The van der Waals surface area contributed by atoms with E-state index >= 15 is 0 Å². The summed E-state index contributed by atoms with van der Waals surface area (Å²) in [5.41, 5.74) is 5.60. The standard InChI is InChI=1S/C17H25N3O3S/c1-11-2-5-15(24-11)16(21)19-12-6-8-20(9-7-12)17(22)14-4-3-13(10-18)23-14/h2,5,12-14H,3-4,6-10,18H2,1H3,(H,19,21)/t13-,14+/m1/s1. The number of ether oxygens (including phenoxy) is 1. The molecule has 1 aromatic heterocycles. The third-order valence-electron chi connectivity index (χ3n) is 4.75. The van der Waals surface area contributed by atoms with Crippen LogP contribution in [0.15, 0.2) is 12.1 Å². The van der Waals surface area contributed by atoms with Gasteiger partial charge in [0.2, 0.25) is 0 Å². The molecule has 3 N–H and O–H groups in total. The van der Waals surface area contributed by atoms with Crippen molar-refractivity contribution in [1.82, 2.24) is 10.2 Å². The molecule has 2 fully saturated rings. The second kappa shape index (κ2) is 7.63. The molecule has 3 heterocycles. The molecule has 0 bridgehead atoms. The number of likely N-dealkylation sites (tertiary alicyclic amines) is 1. The van der Waals surface area contributed by atoms with Crippen LogP contribution in [0.4, 0.5) is 0 Å². The zero-order valence-electron chi connectivity index (χ0n) is 14.0. The SMILES string of the molecule is Cc1ccc(C(=O)NC2CCN(C(=O)[C@@H]3CC[C@H](CN)O3)CC2)s1. The van der Waals surface area contributed by atoms with E-state index in [0.29, 0.717) is 19.6 Å². The molecule has 132 valence electrons. The summed E-state index contributed by atoms with van der Waals surface area (Å²) in [6, 6.07) is 3.95. The van der Waals surface area contributed by atoms with Crippen LogP contribution in [0.5, 0.6) is 0 Å². The Labute approximate surface area is 146 Å². The van der Waals surface area contributed by atoms with Gasteiger partial charge < -0.3 is 20.7 Å². The van der Waals surface area contributed by atoms with E-state index in [1.165, 1.54) is 11.3 Å². The molecule has 24 heavy (non-hydrogen) atoms. The molecule has 0 aliphatic carbocycles. The number of aryl methyl sites for hydroxylation is 1. The molecule has 0 radical (unpaired) electrons. The van der Waals surface area contributed by atoms with Crippen LogP contribution in [0.25, 0.3) is 0 Å². The van der Waals surface area contributed by atoms with Gasteiger partial charge in [0.25, 0.3) is 11.8 Å². The first-order valence-electron chi connectivity index (χ1n) is 8.58. The molecular formula is C17H25N3O3S. The number of rotatable bonds is 4. The third kappa shape index (κ3) is 3.96. The molecular weight excluding hydrogens is 326 g/mol. The zero-order valence-corrected chi connectivity index (χ0v) is 14.8. The molecule has 0 saturated carbocycles. The maximum atomic E-state index is 12.5. The number of hydrogen-bond acceptors (Lipinski definition) is 5. The van der Waals surface area contributed by atoms with Gasteiger partial charge in [-0.2, -0.15) is 0 Å². The molecule has 7 heteroatoms. The van der Waals surface area contributed by atoms with Gasteiger partial charge in [-0.3, -0.25) is 9.59 Å².